The van der Waals surface area contributed by atoms with Crippen molar-refractivity contribution in [3.63, 3.8) is 0 Å². The lowest BCUT2D eigenvalue weighted by atomic mass is 9.86. The SMILES string of the molecule is Cc1ccc(OCC(=O)N2CCC(C(O)CC3c4ccccc4-c4cncn43)CC2)cc1. The highest BCUT2D eigenvalue weighted by Crippen LogP contribution is 2.42. The molecule has 2 aliphatic rings. The van der Waals surface area contributed by atoms with Gasteiger partial charge in [-0.1, -0.05) is 42.0 Å². The number of aryl methyl sites for hydroxylation is 1. The lowest BCUT2D eigenvalue weighted by Gasteiger charge is -2.35. The maximum Gasteiger partial charge on any atom is 0.260 e. The highest BCUT2D eigenvalue weighted by molar-refractivity contribution is 5.77. The van der Waals surface area contributed by atoms with Crippen molar-refractivity contribution >= 4 is 5.91 Å². The molecular weight excluding hydrogens is 402 g/mol. The Labute approximate surface area is 188 Å². The number of aliphatic hydroxyl groups is 1. The number of imidazole rings is 1. The van der Waals surface area contributed by atoms with Crippen LogP contribution in [0.15, 0.2) is 61.1 Å². The standard InChI is InChI=1S/C26H29N3O3/c1-18-6-8-20(9-7-18)32-16-26(31)28-12-10-19(11-13-28)25(30)14-23-21-4-2-3-5-22(21)24-15-27-17-29(23)24/h2-9,15,17,19,23,25,30H,10-14,16H2,1H3. The van der Waals surface area contributed by atoms with Gasteiger partial charge in [0.1, 0.15) is 5.75 Å². The maximum atomic E-state index is 12.6. The summed E-state index contributed by atoms with van der Waals surface area (Å²) >= 11 is 0. The van der Waals surface area contributed by atoms with Crippen molar-refractivity contribution in [3.8, 4) is 17.0 Å². The third-order valence-electron chi connectivity index (χ3n) is 6.88. The number of hydrogen-bond acceptors (Lipinski definition) is 4. The molecule has 6 nitrogen and oxygen atoms in total. The van der Waals surface area contributed by atoms with Crippen LogP contribution >= 0.6 is 0 Å². The molecule has 0 radical (unpaired) electrons. The predicted molar refractivity (Wildman–Crippen MR) is 122 cm³/mol. The molecular formula is C26H29N3O3. The number of fused-ring (bicyclic) bond motifs is 3. The number of benzene rings is 2. The molecule has 2 aromatic carbocycles. The molecule has 1 fully saturated rings. The lowest BCUT2D eigenvalue weighted by Crippen LogP contribution is -2.43. The Morgan fingerprint density at radius 1 is 1.16 bits per heavy atom. The van der Waals surface area contributed by atoms with Crippen LogP contribution in [0.2, 0.25) is 0 Å². The topological polar surface area (TPSA) is 67.6 Å². The molecule has 5 rings (SSSR count). The fourth-order valence-corrected chi connectivity index (χ4v) is 5.00. The fraction of sp³-hybridized carbons (Fsp3) is 0.385. The Bertz CT molecular complexity index is 1080. The summed E-state index contributed by atoms with van der Waals surface area (Å²) in [6.07, 6.45) is 5.62. The fourth-order valence-electron chi connectivity index (χ4n) is 5.00. The minimum Gasteiger partial charge on any atom is -0.484 e. The molecule has 1 saturated heterocycles. The monoisotopic (exact) mass is 431 g/mol. The average Bonchev–Trinajstić information content (AvgIpc) is 3.41. The van der Waals surface area contributed by atoms with Crippen LogP contribution < -0.4 is 4.74 Å². The van der Waals surface area contributed by atoms with Gasteiger partial charge in [0.15, 0.2) is 6.61 Å². The third kappa shape index (κ3) is 4.02. The van der Waals surface area contributed by atoms with Crippen LogP contribution in [0.4, 0.5) is 0 Å². The molecule has 0 spiro atoms. The summed E-state index contributed by atoms with van der Waals surface area (Å²) in [5, 5.41) is 11.1. The number of nitrogens with zero attached hydrogens (tertiary/aromatic N) is 3. The summed E-state index contributed by atoms with van der Waals surface area (Å²) in [6.45, 7) is 3.40. The smallest absolute Gasteiger partial charge is 0.260 e. The molecule has 2 unspecified atom stereocenters. The van der Waals surface area contributed by atoms with Crippen molar-refractivity contribution in [3.05, 3.63) is 72.2 Å². The van der Waals surface area contributed by atoms with Crippen molar-refractivity contribution in [2.45, 2.75) is 38.3 Å². The molecule has 2 aliphatic heterocycles. The van der Waals surface area contributed by atoms with Crippen molar-refractivity contribution in [2.24, 2.45) is 5.92 Å². The van der Waals surface area contributed by atoms with Crippen LogP contribution in [0, 0.1) is 12.8 Å². The van der Waals surface area contributed by atoms with E-state index in [1.54, 1.807) is 0 Å². The van der Waals surface area contributed by atoms with Crippen molar-refractivity contribution in [1.29, 1.82) is 0 Å². The highest BCUT2D eigenvalue weighted by atomic mass is 16.5. The van der Waals surface area contributed by atoms with Gasteiger partial charge in [-0.05, 0) is 49.8 Å². The number of aromatic nitrogens is 2. The second kappa shape index (κ2) is 8.79. The van der Waals surface area contributed by atoms with Crippen molar-refractivity contribution < 1.29 is 14.6 Å². The number of carbonyl (C=O) groups is 1. The van der Waals surface area contributed by atoms with E-state index in [1.165, 1.54) is 11.1 Å². The molecule has 1 N–H and O–H groups in total. The van der Waals surface area contributed by atoms with E-state index in [2.05, 4.69) is 27.8 Å². The first-order valence-electron chi connectivity index (χ1n) is 11.4. The molecule has 0 saturated carbocycles. The Kier molecular flexibility index (Phi) is 5.70. The van der Waals surface area contributed by atoms with E-state index in [0.29, 0.717) is 25.3 Å². The Balaban J connectivity index is 1.15. The normalized spacial score (nSPS) is 18.8. The number of likely N-dealkylation sites (tertiary alicyclic amines) is 1. The Morgan fingerprint density at radius 3 is 2.69 bits per heavy atom. The first-order valence-corrected chi connectivity index (χ1v) is 11.4. The van der Waals surface area contributed by atoms with Gasteiger partial charge in [0.25, 0.3) is 5.91 Å². The first-order chi connectivity index (χ1) is 15.6. The number of hydrogen-bond donors (Lipinski definition) is 1. The molecule has 2 atom stereocenters. The minimum absolute atomic E-state index is 0.00583. The second-order valence-corrected chi connectivity index (χ2v) is 8.91. The number of carbonyl (C=O) groups excluding carboxylic acids is 1. The molecule has 32 heavy (non-hydrogen) atoms. The van der Waals surface area contributed by atoms with Crippen LogP contribution in [0.1, 0.15) is 36.4 Å². The zero-order valence-corrected chi connectivity index (χ0v) is 18.4. The molecule has 166 valence electrons. The quantitative estimate of drug-likeness (QED) is 0.644. The van der Waals surface area contributed by atoms with E-state index < -0.39 is 6.10 Å². The van der Waals surface area contributed by atoms with E-state index in [1.807, 2.05) is 54.7 Å². The number of piperidine rings is 1. The van der Waals surface area contributed by atoms with E-state index in [4.69, 9.17) is 4.74 Å². The maximum absolute atomic E-state index is 12.6. The summed E-state index contributed by atoms with van der Waals surface area (Å²) in [5.41, 5.74) is 4.74. The van der Waals surface area contributed by atoms with Gasteiger partial charge >= 0.3 is 0 Å². The van der Waals surface area contributed by atoms with Crippen LogP contribution in [-0.4, -0.2) is 51.3 Å². The number of rotatable bonds is 6. The molecule has 1 amide bonds. The highest BCUT2D eigenvalue weighted by Gasteiger charge is 2.34. The van der Waals surface area contributed by atoms with Gasteiger partial charge in [0.2, 0.25) is 0 Å². The van der Waals surface area contributed by atoms with Gasteiger partial charge < -0.3 is 19.3 Å². The second-order valence-electron chi connectivity index (χ2n) is 8.91. The summed E-state index contributed by atoms with van der Waals surface area (Å²) in [7, 11) is 0. The lowest BCUT2D eigenvalue weighted by molar-refractivity contribution is -0.135. The van der Waals surface area contributed by atoms with Gasteiger partial charge in [-0.25, -0.2) is 4.98 Å². The molecule has 1 aromatic heterocycles. The summed E-state index contributed by atoms with van der Waals surface area (Å²) in [5.74, 6) is 0.910. The molecule has 6 heteroatoms. The largest absolute Gasteiger partial charge is 0.484 e. The van der Waals surface area contributed by atoms with Crippen molar-refractivity contribution in [1.82, 2.24) is 14.5 Å². The van der Waals surface area contributed by atoms with Crippen LogP contribution in [0.3, 0.4) is 0 Å². The summed E-state index contributed by atoms with van der Waals surface area (Å²) in [4.78, 5) is 18.7. The zero-order chi connectivity index (χ0) is 22.1. The number of ether oxygens (including phenoxy) is 1. The summed E-state index contributed by atoms with van der Waals surface area (Å²) in [6, 6.07) is 16.2. The predicted octanol–water partition coefficient (Wildman–Crippen LogP) is 3.83. The van der Waals surface area contributed by atoms with Gasteiger partial charge in [0, 0.05) is 18.7 Å². The van der Waals surface area contributed by atoms with Crippen LogP contribution in [-0.2, 0) is 4.79 Å². The van der Waals surface area contributed by atoms with Gasteiger partial charge in [-0.2, -0.15) is 0 Å². The Hall–Kier alpha value is -3.12. The van der Waals surface area contributed by atoms with E-state index in [0.717, 1.165) is 24.1 Å². The number of amides is 1. The third-order valence-corrected chi connectivity index (χ3v) is 6.88. The van der Waals surface area contributed by atoms with Gasteiger partial charge in [-0.15, -0.1) is 0 Å². The molecule has 3 aromatic rings. The van der Waals surface area contributed by atoms with Crippen LogP contribution in [0.25, 0.3) is 11.3 Å². The average molecular weight is 432 g/mol. The van der Waals surface area contributed by atoms with Crippen LogP contribution in [0.5, 0.6) is 5.75 Å². The first kappa shape index (κ1) is 20.8. The Morgan fingerprint density at radius 2 is 1.91 bits per heavy atom. The minimum atomic E-state index is -0.414. The summed E-state index contributed by atoms with van der Waals surface area (Å²) < 4.78 is 7.82. The molecule has 0 aliphatic carbocycles. The van der Waals surface area contributed by atoms with E-state index >= 15 is 0 Å². The van der Waals surface area contributed by atoms with E-state index in [9.17, 15) is 9.90 Å². The molecule has 3 heterocycles. The number of aliphatic hydroxyl groups excluding tert-OH is 1. The van der Waals surface area contributed by atoms with Crippen molar-refractivity contribution in [2.75, 3.05) is 19.7 Å². The van der Waals surface area contributed by atoms with E-state index in [-0.39, 0.29) is 24.5 Å². The van der Waals surface area contributed by atoms with Gasteiger partial charge in [-0.3, -0.25) is 4.79 Å². The van der Waals surface area contributed by atoms with Gasteiger partial charge in [0.05, 0.1) is 30.4 Å². The zero-order valence-electron chi connectivity index (χ0n) is 18.4. The molecule has 0 bridgehead atoms.